The van der Waals surface area contributed by atoms with Crippen molar-refractivity contribution in [2.45, 2.75) is 33.0 Å². The number of carboxylic acids is 1. The molecule has 2 rings (SSSR count). The van der Waals surface area contributed by atoms with Crippen molar-refractivity contribution in [1.82, 2.24) is 19.5 Å². The number of rotatable bonds is 6. The Morgan fingerprint density at radius 3 is 2.50 bits per heavy atom. The number of aliphatic carboxylic acids is 1. The number of halogens is 4. The summed E-state index contributed by atoms with van der Waals surface area (Å²) >= 11 is 3.44. The highest BCUT2D eigenvalue weighted by Gasteiger charge is 2.38. The normalized spacial score (nSPS) is 12.6. The van der Waals surface area contributed by atoms with Crippen molar-refractivity contribution in [2.75, 3.05) is 25.0 Å². The number of nitrogens with one attached hydrogen (secondary N) is 1. The fraction of sp³-hybridized carbons (Fsp3) is 0.533. The van der Waals surface area contributed by atoms with Crippen LogP contribution < -0.4 is 5.32 Å². The predicted octanol–water partition coefficient (Wildman–Crippen LogP) is 3.27. The molecule has 2 aromatic heterocycles. The summed E-state index contributed by atoms with van der Waals surface area (Å²) in [6.45, 7) is 9.63. The van der Waals surface area contributed by atoms with Crippen LogP contribution in [-0.2, 0) is 4.79 Å². The summed E-state index contributed by atoms with van der Waals surface area (Å²) in [5.74, 6) is -1.87. The SMILES string of the molecule is CCN(CC)C(C)CNc1ccn2ncc(Br)c2n1.O=C(O)C(F)(F)F. The van der Waals surface area contributed by atoms with Gasteiger partial charge >= 0.3 is 12.1 Å². The largest absolute Gasteiger partial charge is 0.490 e. The zero-order valence-electron chi connectivity index (χ0n) is 14.6. The van der Waals surface area contributed by atoms with E-state index in [0.717, 1.165) is 35.6 Å². The molecule has 0 bridgehead atoms. The highest BCUT2D eigenvalue weighted by molar-refractivity contribution is 9.10. The van der Waals surface area contributed by atoms with E-state index in [1.54, 1.807) is 10.7 Å². The number of carbonyl (C=O) groups is 1. The summed E-state index contributed by atoms with van der Waals surface area (Å²) in [5.41, 5.74) is 0.834. The minimum absolute atomic E-state index is 0.487. The van der Waals surface area contributed by atoms with Crippen molar-refractivity contribution in [2.24, 2.45) is 0 Å². The van der Waals surface area contributed by atoms with E-state index in [1.807, 2.05) is 12.3 Å². The summed E-state index contributed by atoms with van der Waals surface area (Å²) in [6.07, 6.45) is -1.41. The number of hydrogen-bond acceptors (Lipinski definition) is 5. The number of hydrogen-bond donors (Lipinski definition) is 2. The van der Waals surface area contributed by atoms with Crippen LogP contribution in [0.15, 0.2) is 22.9 Å². The molecule has 0 aliphatic rings. The maximum atomic E-state index is 10.6. The van der Waals surface area contributed by atoms with Gasteiger partial charge in [-0.1, -0.05) is 13.8 Å². The number of anilines is 1. The fourth-order valence-electron chi connectivity index (χ4n) is 2.17. The van der Waals surface area contributed by atoms with Crippen LogP contribution in [0.1, 0.15) is 20.8 Å². The van der Waals surface area contributed by atoms with Gasteiger partial charge in [-0.15, -0.1) is 0 Å². The molecule has 146 valence electrons. The van der Waals surface area contributed by atoms with Gasteiger partial charge in [0.2, 0.25) is 0 Å². The smallest absolute Gasteiger partial charge is 0.475 e. The fourth-order valence-corrected chi connectivity index (χ4v) is 2.53. The second kappa shape index (κ2) is 9.72. The maximum Gasteiger partial charge on any atom is 0.490 e. The number of alkyl halides is 3. The zero-order chi connectivity index (χ0) is 19.9. The Morgan fingerprint density at radius 1 is 1.42 bits per heavy atom. The molecule has 2 heterocycles. The molecule has 0 radical (unpaired) electrons. The third-order valence-corrected chi connectivity index (χ3v) is 4.14. The van der Waals surface area contributed by atoms with Crippen LogP contribution in [0.4, 0.5) is 19.0 Å². The van der Waals surface area contributed by atoms with E-state index in [-0.39, 0.29) is 0 Å². The van der Waals surface area contributed by atoms with Crippen LogP contribution in [0, 0.1) is 0 Å². The molecule has 2 N–H and O–H groups in total. The van der Waals surface area contributed by atoms with Gasteiger partial charge in [-0.3, -0.25) is 4.90 Å². The Kier molecular flexibility index (Phi) is 8.28. The molecule has 0 aliphatic carbocycles. The van der Waals surface area contributed by atoms with E-state index in [2.05, 4.69) is 57.0 Å². The predicted molar refractivity (Wildman–Crippen MR) is 95.3 cm³/mol. The lowest BCUT2D eigenvalue weighted by Gasteiger charge is -2.26. The third kappa shape index (κ3) is 6.45. The minimum Gasteiger partial charge on any atom is -0.475 e. The van der Waals surface area contributed by atoms with Gasteiger partial charge in [0.1, 0.15) is 5.82 Å². The minimum atomic E-state index is -5.08. The summed E-state index contributed by atoms with van der Waals surface area (Å²) < 4.78 is 34.4. The lowest BCUT2D eigenvalue weighted by atomic mass is 10.3. The van der Waals surface area contributed by atoms with Crippen molar-refractivity contribution in [3.8, 4) is 0 Å². The van der Waals surface area contributed by atoms with Crippen LogP contribution in [0.5, 0.6) is 0 Å². The van der Waals surface area contributed by atoms with Gasteiger partial charge in [-0.25, -0.2) is 14.3 Å². The lowest BCUT2D eigenvalue weighted by Crippen LogP contribution is -2.37. The Balaban J connectivity index is 0.000000412. The van der Waals surface area contributed by atoms with Crippen molar-refractivity contribution >= 4 is 33.4 Å². The van der Waals surface area contributed by atoms with Gasteiger partial charge in [0, 0.05) is 18.8 Å². The first-order valence-electron chi connectivity index (χ1n) is 7.88. The molecule has 0 saturated heterocycles. The maximum absolute atomic E-state index is 10.6. The molecule has 26 heavy (non-hydrogen) atoms. The average molecular weight is 440 g/mol. The molecule has 0 spiro atoms. The second-order valence-corrected chi connectivity index (χ2v) is 6.18. The molecule has 11 heteroatoms. The number of aromatic nitrogens is 3. The molecule has 0 fully saturated rings. The third-order valence-electron chi connectivity index (χ3n) is 3.58. The number of fused-ring (bicyclic) bond motifs is 1. The average Bonchev–Trinajstić information content (AvgIpc) is 2.94. The molecular formula is C15H21BrF3N5O2. The van der Waals surface area contributed by atoms with E-state index in [1.165, 1.54) is 0 Å². The highest BCUT2D eigenvalue weighted by atomic mass is 79.9. The van der Waals surface area contributed by atoms with Crippen molar-refractivity contribution in [3.05, 3.63) is 22.9 Å². The Bertz CT molecular complexity index is 719. The first-order valence-corrected chi connectivity index (χ1v) is 8.67. The van der Waals surface area contributed by atoms with Gasteiger partial charge in [0.05, 0.1) is 10.7 Å². The van der Waals surface area contributed by atoms with Crippen LogP contribution in [0.25, 0.3) is 5.65 Å². The first kappa shape index (κ1) is 22.2. The Morgan fingerprint density at radius 2 is 2.00 bits per heavy atom. The number of likely N-dealkylation sites (N-methyl/N-ethyl adjacent to an activating group) is 1. The van der Waals surface area contributed by atoms with Crippen LogP contribution in [0.2, 0.25) is 0 Å². The van der Waals surface area contributed by atoms with E-state index >= 15 is 0 Å². The molecule has 1 atom stereocenters. The Hall–Kier alpha value is -1.88. The van der Waals surface area contributed by atoms with E-state index in [0.29, 0.717) is 6.04 Å². The molecular weight excluding hydrogens is 419 g/mol. The van der Waals surface area contributed by atoms with E-state index in [4.69, 9.17) is 9.90 Å². The Labute approximate surface area is 157 Å². The number of carboxylic acid groups (broad SMARTS) is 1. The number of nitrogens with zero attached hydrogens (tertiary/aromatic N) is 4. The van der Waals surface area contributed by atoms with Crippen LogP contribution in [-0.4, -0.2) is 62.4 Å². The topological polar surface area (TPSA) is 82.8 Å². The highest BCUT2D eigenvalue weighted by Crippen LogP contribution is 2.17. The van der Waals surface area contributed by atoms with Gasteiger partial charge in [0.25, 0.3) is 0 Å². The zero-order valence-corrected chi connectivity index (χ0v) is 16.2. The quantitative estimate of drug-likeness (QED) is 0.718. The first-order chi connectivity index (χ1) is 12.1. The van der Waals surface area contributed by atoms with Crippen molar-refractivity contribution in [1.29, 1.82) is 0 Å². The van der Waals surface area contributed by atoms with Gasteiger partial charge in [-0.2, -0.15) is 18.3 Å². The molecule has 0 aromatic carbocycles. The molecule has 0 aliphatic heterocycles. The molecule has 1 unspecified atom stereocenters. The van der Waals surface area contributed by atoms with Gasteiger partial charge in [-0.05, 0) is 42.0 Å². The van der Waals surface area contributed by atoms with E-state index in [9.17, 15) is 13.2 Å². The monoisotopic (exact) mass is 439 g/mol. The van der Waals surface area contributed by atoms with Crippen LogP contribution >= 0.6 is 15.9 Å². The summed E-state index contributed by atoms with van der Waals surface area (Å²) in [5, 5.41) is 14.7. The summed E-state index contributed by atoms with van der Waals surface area (Å²) in [4.78, 5) is 15.9. The molecule has 0 saturated carbocycles. The summed E-state index contributed by atoms with van der Waals surface area (Å²) in [6, 6.07) is 2.43. The van der Waals surface area contributed by atoms with Crippen LogP contribution in [0.3, 0.4) is 0 Å². The molecule has 7 nitrogen and oxygen atoms in total. The molecule has 0 amide bonds. The van der Waals surface area contributed by atoms with Crippen molar-refractivity contribution in [3.63, 3.8) is 0 Å². The standard InChI is InChI=1S/C13H20BrN5.C2HF3O2/c1-4-18(5-2)10(3)8-15-12-6-7-19-13(17-12)11(14)9-16-19;3-2(4,5)1(6)7/h6-7,9-10H,4-5,8H2,1-3H3,(H,15,17);(H,6,7). The van der Waals surface area contributed by atoms with Gasteiger partial charge in [0.15, 0.2) is 5.65 Å². The lowest BCUT2D eigenvalue weighted by molar-refractivity contribution is -0.192. The second-order valence-electron chi connectivity index (χ2n) is 5.33. The van der Waals surface area contributed by atoms with Gasteiger partial charge < -0.3 is 10.4 Å². The van der Waals surface area contributed by atoms with Crippen molar-refractivity contribution < 1.29 is 23.1 Å². The molecule has 2 aromatic rings. The summed E-state index contributed by atoms with van der Waals surface area (Å²) in [7, 11) is 0. The van der Waals surface area contributed by atoms with E-state index < -0.39 is 12.1 Å².